The fourth-order valence-electron chi connectivity index (χ4n) is 2.19. The van der Waals surface area contributed by atoms with Crippen molar-refractivity contribution in [2.45, 2.75) is 13.5 Å². The van der Waals surface area contributed by atoms with E-state index in [4.69, 9.17) is 14.0 Å². The molecule has 0 aliphatic carbocycles. The average molecular weight is 290 g/mol. The zero-order chi connectivity index (χ0) is 14.5. The van der Waals surface area contributed by atoms with E-state index >= 15 is 0 Å². The summed E-state index contributed by atoms with van der Waals surface area (Å²) >= 11 is 0. The summed E-state index contributed by atoms with van der Waals surface area (Å²) in [5.74, 6) is 1.63. The lowest BCUT2D eigenvalue weighted by Gasteiger charge is -2.24. The molecule has 1 fully saturated rings. The smallest absolute Gasteiger partial charge is 0.241 e. The van der Waals surface area contributed by atoms with Crippen molar-refractivity contribution < 1.29 is 14.0 Å². The molecule has 0 atom stereocenters. The van der Waals surface area contributed by atoms with Crippen molar-refractivity contribution >= 4 is 0 Å². The second kappa shape index (κ2) is 6.64. The van der Waals surface area contributed by atoms with Crippen LogP contribution in [0.3, 0.4) is 0 Å². The third-order valence-electron chi connectivity index (χ3n) is 3.22. The van der Waals surface area contributed by atoms with Gasteiger partial charge in [-0.05, 0) is 19.1 Å². The zero-order valence-corrected chi connectivity index (χ0v) is 12.0. The van der Waals surface area contributed by atoms with Gasteiger partial charge >= 0.3 is 0 Å². The maximum Gasteiger partial charge on any atom is 0.241 e. The van der Waals surface area contributed by atoms with Crippen LogP contribution < -0.4 is 4.74 Å². The first kappa shape index (κ1) is 14.0. The van der Waals surface area contributed by atoms with Gasteiger partial charge in [0.15, 0.2) is 0 Å². The summed E-state index contributed by atoms with van der Waals surface area (Å²) in [5, 5.41) is 4.03. The van der Waals surface area contributed by atoms with Gasteiger partial charge in [0.25, 0.3) is 0 Å². The molecule has 112 valence electrons. The van der Waals surface area contributed by atoms with E-state index in [1.807, 2.05) is 19.1 Å². The molecule has 0 amide bonds. The number of aromatic nitrogens is 3. The number of hydrogen-bond acceptors (Lipinski definition) is 7. The van der Waals surface area contributed by atoms with Crippen molar-refractivity contribution in [3.05, 3.63) is 24.2 Å². The summed E-state index contributed by atoms with van der Waals surface area (Å²) in [7, 11) is 0. The quantitative estimate of drug-likeness (QED) is 0.823. The Morgan fingerprint density at radius 3 is 3.00 bits per heavy atom. The number of nitrogens with zero attached hydrogens (tertiary/aromatic N) is 4. The first-order chi connectivity index (χ1) is 10.4. The first-order valence-corrected chi connectivity index (χ1v) is 7.07. The number of ether oxygens (including phenoxy) is 2. The Kier molecular flexibility index (Phi) is 4.42. The highest BCUT2D eigenvalue weighted by molar-refractivity contribution is 5.60. The predicted octanol–water partition coefficient (Wildman–Crippen LogP) is 1.36. The number of hydrogen-bond donors (Lipinski definition) is 0. The van der Waals surface area contributed by atoms with Gasteiger partial charge in [-0.15, -0.1) is 0 Å². The van der Waals surface area contributed by atoms with Crippen LogP contribution in [0.4, 0.5) is 0 Å². The van der Waals surface area contributed by atoms with Gasteiger partial charge in [0.2, 0.25) is 17.6 Å². The molecular formula is C14H18N4O3. The molecule has 1 aliphatic rings. The second-order valence-electron chi connectivity index (χ2n) is 4.69. The van der Waals surface area contributed by atoms with Crippen LogP contribution in [0.1, 0.15) is 12.8 Å². The van der Waals surface area contributed by atoms with Gasteiger partial charge in [0.05, 0.1) is 31.9 Å². The van der Waals surface area contributed by atoms with Gasteiger partial charge in [-0.3, -0.25) is 4.90 Å². The van der Waals surface area contributed by atoms with Gasteiger partial charge in [0, 0.05) is 19.3 Å². The van der Waals surface area contributed by atoms with Crippen molar-refractivity contribution in [1.29, 1.82) is 0 Å². The summed E-state index contributed by atoms with van der Waals surface area (Å²) in [6.07, 6.45) is 1.68. The third-order valence-corrected chi connectivity index (χ3v) is 3.22. The largest absolute Gasteiger partial charge is 0.477 e. The Morgan fingerprint density at radius 2 is 2.19 bits per heavy atom. The van der Waals surface area contributed by atoms with Crippen LogP contribution in [0.15, 0.2) is 22.9 Å². The molecule has 0 saturated carbocycles. The van der Waals surface area contributed by atoms with Crippen molar-refractivity contribution in [2.75, 3.05) is 32.9 Å². The molecule has 0 bridgehead atoms. The Balaban J connectivity index is 1.75. The molecule has 0 unspecified atom stereocenters. The van der Waals surface area contributed by atoms with Crippen molar-refractivity contribution in [2.24, 2.45) is 0 Å². The molecule has 1 saturated heterocycles. The molecule has 0 spiro atoms. The van der Waals surface area contributed by atoms with E-state index in [2.05, 4.69) is 20.0 Å². The molecule has 0 radical (unpaired) electrons. The highest BCUT2D eigenvalue weighted by Gasteiger charge is 2.17. The van der Waals surface area contributed by atoms with Crippen LogP contribution >= 0.6 is 0 Å². The molecule has 2 aromatic rings. The van der Waals surface area contributed by atoms with Gasteiger partial charge in [0.1, 0.15) is 0 Å². The fraction of sp³-hybridized carbons (Fsp3) is 0.500. The minimum atomic E-state index is 0.509. The molecule has 7 nitrogen and oxygen atoms in total. The van der Waals surface area contributed by atoms with E-state index in [0.717, 1.165) is 31.9 Å². The molecule has 21 heavy (non-hydrogen) atoms. The van der Waals surface area contributed by atoms with E-state index in [9.17, 15) is 0 Å². The normalized spacial score (nSPS) is 16.0. The van der Waals surface area contributed by atoms with Gasteiger partial charge in [-0.25, -0.2) is 4.98 Å². The lowest BCUT2D eigenvalue weighted by atomic mass is 10.2. The van der Waals surface area contributed by atoms with Crippen LogP contribution in [0.2, 0.25) is 0 Å². The second-order valence-corrected chi connectivity index (χ2v) is 4.69. The Bertz CT molecular complexity index is 581. The topological polar surface area (TPSA) is 73.5 Å². The van der Waals surface area contributed by atoms with E-state index in [1.165, 1.54) is 0 Å². The molecular weight excluding hydrogens is 272 g/mol. The molecule has 3 heterocycles. The molecule has 3 rings (SSSR count). The van der Waals surface area contributed by atoms with Gasteiger partial charge < -0.3 is 14.0 Å². The highest BCUT2D eigenvalue weighted by Crippen LogP contribution is 2.25. The average Bonchev–Trinajstić information content (AvgIpc) is 2.97. The number of pyridine rings is 1. The highest BCUT2D eigenvalue weighted by atomic mass is 16.5. The monoisotopic (exact) mass is 290 g/mol. The minimum Gasteiger partial charge on any atom is -0.477 e. The molecule has 0 N–H and O–H groups in total. The summed E-state index contributed by atoms with van der Waals surface area (Å²) in [4.78, 5) is 10.9. The molecule has 1 aliphatic heterocycles. The van der Waals surface area contributed by atoms with Crippen molar-refractivity contribution in [1.82, 2.24) is 20.0 Å². The van der Waals surface area contributed by atoms with Crippen LogP contribution in [0, 0.1) is 0 Å². The summed E-state index contributed by atoms with van der Waals surface area (Å²) in [6.45, 7) is 6.36. The van der Waals surface area contributed by atoms with E-state index < -0.39 is 0 Å². The van der Waals surface area contributed by atoms with Crippen LogP contribution in [0.5, 0.6) is 5.88 Å². The maximum atomic E-state index is 5.49. The zero-order valence-electron chi connectivity index (χ0n) is 12.0. The van der Waals surface area contributed by atoms with Crippen molar-refractivity contribution in [3.8, 4) is 17.3 Å². The van der Waals surface area contributed by atoms with Gasteiger partial charge in [-0.2, -0.15) is 4.98 Å². The van der Waals surface area contributed by atoms with Crippen LogP contribution in [0.25, 0.3) is 11.4 Å². The molecule has 0 aromatic carbocycles. The Labute approximate surface area is 122 Å². The summed E-state index contributed by atoms with van der Waals surface area (Å²) in [5.41, 5.74) is 0.747. The Hall–Kier alpha value is -1.99. The summed E-state index contributed by atoms with van der Waals surface area (Å²) in [6, 6.07) is 3.71. The van der Waals surface area contributed by atoms with Crippen molar-refractivity contribution in [3.63, 3.8) is 0 Å². The maximum absolute atomic E-state index is 5.49. The minimum absolute atomic E-state index is 0.509. The predicted molar refractivity (Wildman–Crippen MR) is 74.8 cm³/mol. The van der Waals surface area contributed by atoms with Gasteiger partial charge in [-0.1, -0.05) is 5.16 Å². The summed E-state index contributed by atoms with van der Waals surface area (Å²) < 4.78 is 16.1. The SMILES string of the molecule is CCOc1ncccc1-c1noc(CN2CCOCC2)n1. The standard InChI is InChI=1S/C14H18N4O3/c1-2-20-14-11(4-3-5-15-14)13-16-12(21-17-13)10-18-6-8-19-9-7-18/h3-5H,2,6-10H2,1H3. The Morgan fingerprint density at radius 1 is 1.33 bits per heavy atom. The first-order valence-electron chi connectivity index (χ1n) is 7.07. The fourth-order valence-corrected chi connectivity index (χ4v) is 2.19. The molecule has 2 aromatic heterocycles. The van der Waals surface area contributed by atoms with E-state index in [1.54, 1.807) is 6.20 Å². The number of rotatable bonds is 5. The lowest BCUT2D eigenvalue weighted by molar-refractivity contribution is 0.0297. The van der Waals surface area contributed by atoms with Crippen LogP contribution in [-0.4, -0.2) is 52.9 Å². The third kappa shape index (κ3) is 3.37. The van der Waals surface area contributed by atoms with Crippen LogP contribution in [-0.2, 0) is 11.3 Å². The molecule has 7 heteroatoms. The number of morpholine rings is 1. The van der Waals surface area contributed by atoms with E-state index in [-0.39, 0.29) is 0 Å². The van der Waals surface area contributed by atoms with E-state index in [0.29, 0.717) is 30.7 Å². The lowest BCUT2D eigenvalue weighted by Crippen LogP contribution is -2.35.